The van der Waals surface area contributed by atoms with E-state index in [2.05, 4.69) is 37.7 Å². The number of ether oxygens (including phenoxy) is 2. The van der Waals surface area contributed by atoms with Gasteiger partial charge in [-0.1, -0.05) is 50.9 Å². The van der Waals surface area contributed by atoms with Crippen LogP contribution in [-0.4, -0.2) is 29.4 Å². The van der Waals surface area contributed by atoms with Gasteiger partial charge >= 0.3 is 4.38 Å². The first-order valence-electron chi connectivity index (χ1n) is 15.5. The summed E-state index contributed by atoms with van der Waals surface area (Å²) in [7, 11) is 0. The largest absolute Gasteiger partial charge is 0.492 e. The van der Waals surface area contributed by atoms with Gasteiger partial charge in [0.2, 0.25) is 0 Å². The molecular weight excluding hydrogens is 744 g/mol. The van der Waals surface area contributed by atoms with Crippen LogP contribution >= 0.6 is 70.1 Å². The monoisotopic (exact) mass is 780 g/mol. The van der Waals surface area contributed by atoms with Gasteiger partial charge in [0.05, 0.1) is 45.8 Å². The van der Waals surface area contributed by atoms with Crippen LogP contribution in [0.1, 0.15) is 61.4 Å². The molecule has 0 unspecified atom stereocenters. The van der Waals surface area contributed by atoms with Crippen LogP contribution in [-0.2, 0) is 19.0 Å². The molecule has 0 atom stereocenters. The predicted octanol–water partition coefficient (Wildman–Crippen LogP) is 12.3. The molecule has 4 aromatic rings. The fourth-order valence-electron chi connectivity index (χ4n) is 4.01. The predicted molar refractivity (Wildman–Crippen MR) is 208 cm³/mol. The number of halogens is 2. The van der Waals surface area contributed by atoms with Crippen LogP contribution < -0.4 is 9.47 Å². The van der Waals surface area contributed by atoms with E-state index in [0.717, 1.165) is 33.7 Å². The van der Waals surface area contributed by atoms with E-state index in [1.54, 1.807) is 59.1 Å². The Labute approximate surface area is 315 Å². The molecule has 0 aliphatic heterocycles. The molecule has 262 valence electrons. The number of hydrogen-bond donors (Lipinski definition) is 0. The highest BCUT2D eigenvalue weighted by Gasteiger charge is 2.18. The van der Waals surface area contributed by atoms with E-state index in [9.17, 15) is 0 Å². The molecule has 0 aliphatic carbocycles. The second-order valence-corrected chi connectivity index (χ2v) is 15.9. The van der Waals surface area contributed by atoms with Crippen molar-refractivity contribution in [1.29, 1.82) is 0 Å². The Morgan fingerprint density at radius 1 is 0.714 bits per heavy atom. The lowest BCUT2D eigenvalue weighted by Gasteiger charge is -2.12. The van der Waals surface area contributed by atoms with Crippen LogP contribution in [0.2, 0.25) is 10.0 Å². The van der Waals surface area contributed by atoms with Gasteiger partial charge < -0.3 is 14.4 Å². The van der Waals surface area contributed by atoms with Crippen LogP contribution in [0.15, 0.2) is 69.3 Å². The van der Waals surface area contributed by atoms with Crippen molar-refractivity contribution in [3.8, 4) is 11.5 Å². The van der Waals surface area contributed by atoms with Crippen LogP contribution in [0.4, 0.5) is 11.4 Å². The molecule has 0 N–H and O–H groups in total. The minimum Gasteiger partial charge on any atom is -0.492 e. The van der Waals surface area contributed by atoms with Gasteiger partial charge in [0.1, 0.15) is 23.5 Å². The Balaban J connectivity index is 1.43. The Morgan fingerprint density at radius 2 is 1.18 bits per heavy atom. The smallest absolute Gasteiger partial charge is 0.307 e. The average molecular weight is 782 g/mol. The van der Waals surface area contributed by atoms with Gasteiger partial charge in [0.25, 0.3) is 11.8 Å². The lowest BCUT2D eigenvalue weighted by molar-refractivity contribution is -0.129. The van der Waals surface area contributed by atoms with Crippen molar-refractivity contribution in [2.75, 3.05) is 13.2 Å². The number of aliphatic imine (C=N–C) groups is 2. The molecule has 8 nitrogen and oxygen atoms in total. The fraction of sp³-hybridized carbons (Fsp3) is 0.343. The summed E-state index contributed by atoms with van der Waals surface area (Å²) in [5, 5.41) is 4.87. The summed E-state index contributed by atoms with van der Waals surface area (Å²) in [6, 6.07) is 14.3. The number of hydrogen-bond acceptors (Lipinski definition) is 12. The fourth-order valence-corrected chi connectivity index (χ4v) is 6.07. The molecule has 4 rings (SSSR count). The third-order valence-corrected chi connectivity index (χ3v) is 9.71. The molecule has 0 amide bonds. The van der Waals surface area contributed by atoms with E-state index in [1.807, 2.05) is 36.7 Å². The summed E-state index contributed by atoms with van der Waals surface area (Å²) >= 11 is 21.9. The number of aryl methyl sites for hydroxylation is 2. The molecule has 2 aromatic heterocycles. The van der Waals surface area contributed by atoms with Crippen LogP contribution in [0.5, 0.6) is 11.5 Å². The summed E-state index contributed by atoms with van der Waals surface area (Å²) in [5.41, 5.74) is 2.63. The molecule has 0 bridgehead atoms. The van der Waals surface area contributed by atoms with Crippen LogP contribution in [0.3, 0.4) is 0 Å². The average Bonchev–Trinajstić information content (AvgIpc) is 3.68. The molecule has 2 heterocycles. The first-order valence-corrected chi connectivity index (χ1v) is 19.2. The Kier molecular flexibility index (Phi) is 15.5. The molecule has 14 heteroatoms. The van der Waals surface area contributed by atoms with E-state index in [-0.39, 0.29) is 16.2 Å². The number of benzene rings is 2. The van der Waals surface area contributed by atoms with Gasteiger partial charge in [0, 0.05) is 21.9 Å². The maximum absolute atomic E-state index is 6.38. The summed E-state index contributed by atoms with van der Waals surface area (Å²) in [5.74, 6) is 2.50. The lowest BCUT2D eigenvalue weighted by atomic mass is 10.1. The van der Waals surface area contributed by atoms with Crippen molar-refractivity contribution in [1.82, 2.24) is 0 Å². The Hall–Kier alpha value is -2.84. The molecule has 2 aromatic carbocycles. The van der Waals surface area contributed by atoms with E-state index >= 15 is 0 Å². The van der Waals surface area contributed by atoms with E-state index in [0.29, 0.717) is 70.0 Å². The Bertz CT molecular complexity index is 1760. The topological polar surface area (TPSA) is 80.1 Å². The van der Waals surface area contributed by atoms with Crippen LogP contribution in [0, 0.1) is 25.7 Å². The standard InChI is InChI=1S/C35H38Cl2N2O6S4/c1-21(2)11-15-40-31-19-25(7-9-29(31)36)38-33(27-13-17-47-23(27)5)42-44-35(46)49-45-43-34(28-14-18-48-24(28)6)39-26-8-10-30(37)32(20-26)41-16-12-22(3)4/h7-10,13-14,17-22H,11-12,15-16H2,1-6H3. The zero-order valence-corrected chi connectivity index (χ0v) is 32.8. The number of thiophene rings is 2. The van der Waals surface area contributed by atoms with E-state index in [1.165, 1.54) is 0 Å². The van der Waals surface area contributed by atoms with E-state index < -0.39 is 0 Å². The highest BCUT2D eigenvalue weighted by atomic mass is 35.5. The van der Waals surface area contributed by atoms with Gasteiger partial charge in [-0.2, -0.15) is 0 Å². The normalized spacial score (nSPS) is 12.0. The van der Waals surface area contributed by atoms with E-state index in [4.69, 9.17) is 63.9 Å². The second kappa shape index (κ2) is 19.5. The summed E-state index contributed by atoms with van der Waals surface area (Å²) in [4.78, 5) is 28.1. The van der Waals surface area contributed by atoms with Gasteiger partial charge in [0.15, 0.2) is 0 Å². The Morgan fingerprint density at radius 3 is 1.61 bits per heavy atom. The zero-order chi connectivity index (χ0) is 35.3. The molecular formula is C35H38Cl2N2O6S4. The number of rotatable bonds is 14. The third-order valence-electron chi connectivity index (χ3n) is 6.78. The first-order chi connectivity index (χ1) is 23.5. The zero-order valence-electron chi connectivity index (χ0n) is 28.0. The third kappa shape index (κ3) is 12.5. The highest BCUT2D eigenvalue weighted by molar-refractivity contribution is 8.19. The second-order valence-electron chi connectivity index (χ2n) is 11.6. The lowest BCUT2D eigenvalue weighted by Crippen LogP contribution is -2.11. The van der Waals surface area contributed by atoms with Crippen molar-refractivity contribution < 1.29 is 28.5 Å². The molecule has 0 saturated heterocycles. The van der Waals surface area contributed by atoms with Crippen molar-refractivity contribution in [2.24, 2.45) is 21.8 Å². The summed E-state index contributed by atoms with van der Waals surface area (Å²) in [6.07, 6.45) is 1.80. The minimum absolute atomic E-state index is 0.108. The summed E-state index contributed by atoms with van der Waals surface area (Å²) in [6.45, 7) is 13.6. The number of nitrogens with zero attached hydrogens (tertiary/aromatic N) is 2. The van der Waals surface area contributed by atoms with Crippen LogP contribution in [0.25, 0.3) is 0 Å². The highest BCUT2D eigenvalue weighted by Crippen LogP contribution is 2.32. The van der Waals surface area contributed by atoms with Gasteiger partial charge in [-0.15, -0.1) is 27.0 Å². The maximum Gasteiger partial charge on any atom is 0.307 e. The van der Waals surface area contributed by atoms with Gasteiger partial charge in [-0.05, 0) is 97.9 Å². The van der Waals surface area contributed by atoms with Crippen molar-refractivity contribution in [3.05, 3.63) is 90.2 Å². The van der Waals surface area contributed by atoms with Gasteiger partial charge in [-0.25, -0.2) is 9.98 Å². The molecule has 0 aliphatic rings. The quantitative estimate of drug-likeness (QED) is 0.0312. The molecule has 0 radical (unpaired) electrons. The molecule has 0 spiro atoms. The summed E-state index contributed by atoms with van der Waals surface area (Å²) < 4.78 is 17.1. The minimum atomic E-state index is -0.108. The van der Waals surface area contributed by atoms with Gasteiger partial charge in [-0.3, -0.25) is 9.78 Å². The molecule has 0 fully saturated rings. The first kappa shape index (κ1) is 39.0. The maximum atomic E-state index is 6.38. The van der Waals surface area contributed by atoms with Crippen molar-refractivity contribution in [2.45, 2.75) is 54.4 Å². The number of thiocarbonyl (C=S) groups is 1. The van der Waals surface area contributed by atoms with Crippen molar-refractivity contribution in [3.63, 3.8) is 0 Å². The molecule has 0 saturated carbocycles. The SMILES string of the molecule is Cc1sccc1C(=Nc1ccc(Cl)c(OCCC(C)C)c1)OOSC(=S)OOC(=Nc1ccc(Cl)c(OCCC(C)C)c1)c1ccsc1C. The van der Waals surface area contributed by atoms with Crippen molar-refractivity contribution >= 4 is 97.7 Å². The molecule has 49 heavy (non-hydrogen) atoms.